The van der Waals surface area contributed by atoms with Crippen molar-refractivity contribution in [2.45, 2.75) is 19.3 Å². The fourth-order valence-electron chi connectivity index (χ4n) is 1.81. The monoisotopic (exact) mass is 226 g/mol. The van der Waals surface area contributed by atoms with Gasteiger partial charge in [-0.3, -0.25) is 0 Å². The minimum Gasteiger partial charge on any atom is -0.356 e. The Hall–Kier alpha value is -1.49. The van der Waals surface area contributed by atoms with Gasteiger partial charge in [0.2, 0.25) is 0 Å². The lowest BCUT2D eigenvalue weighted by atomic mass is 9.95. The molecule has 0 bridgehead atoms. The van der Waals surface area contributed by atoms with Crippen LogP contribution in [0.3, 0.4) is 0 Å². The molecule has 0 radical (unpaired) electrons. The highest BCUT2D eigenvalue weighted by atomic mass is 19.1. The van der Waals surface area contributed by atoms with Crippen LogP contribution in [-0.2, 0) is 0 Å². The topological polar surface area (TPSA) is 52.0 Å². The van der Waals surface area contributed by atoms with Crippen molar-refractivity contribution < 1.29 is 13.3 Å². The molecule has 5 heteroatoms. The summed E-state index contributed by atoms with van der Waals surface area (Å²) >= 11 is 0. The number of nitrogens with zero attached hydrogens (tertiary/aromatic N) is 1. The fraction of sp³-hybridized carbons (Fsp3) is 0.364. The van der Waals surface area contributed by atoms with Gasteiger partial charge in [-0.25, -0.2) is 8.78 Å². The smallest absolute Gasteiger partial charge is 0.172 e. The van der Waals surface area contributed by atoms with Crippen LogP contribution in [0, 0.1) is 11.6 Å². The van der Waals surface area contributed by atoms with Crippen LogP contribution in [0.2, 0.25) is 0 Å². The molecule has 1 aromatic heterocycles. The van der Waals surface area contributed by atoms with Crippen molar-refractivity contribution in [3.8, 4) is 0 Å². The third-order valence-corrected chi connectivity index (χ3v) is 2.68. The molecule has 0 aliphatic rings. The number of rotatable bonds is 3. The molecular weight excluding hydrogens is 214 g/mol. The first-order chi connectivity index (χ1) is 7.65. The van der Waals surface area contributed by atoms with Crippen molar-refractivity contribution in [1.29, 1.82) is 0 Å². The summed E-state index contributed by atoms with van der Waals surface area (Å²) in [5.74, 6) is -1.47. The van der Waals surface area contributed by atoms with Gasteiger partial charge >= 0.3 is 0 Å². The highest BCUT2D eigenvalue weighted by molar-refractivity contribution is 5.77. The Morgan fingerprint density at radius 1 is 1.50 bits per heavy atom. The molecule has 2 rings (SSSR count). The Kier molecular flexibility index (Phi) is 2.87. The van der Waals surface area contributed by atoms with E-state index in [2.05, 4.69) is 5.16 Å². The van der Waals surface area contributed by atoms with Crippen molar-refractivity contribution in [2.75, 3.05) is 6.54 Å². The second-order valence-corrected chi connectivity index (χ2v) is 3.80. The summed E-state index contributed by atoms with van der Waals surface area (Å²) in [6, 6.07) is 1.16. The average Bonchev–Trinajstić information content (AvgIpc) is 2.66. The second kappa shape index (κ2) is 4.17. The summed E-state index contributed by atoms with van der Waals surface area (Å²) in [4.78, 5) is 0. The molecule has 1 aromatic carbocycles. The van der Waals surface area contributed by atoms with E-state index in [1.54, 1.807) is 6.92 Å². The highest BCUT2D eigenvalue weighted by Gasteiger charge is 2.20. The predicted octanol–water partition coefficient (Wildman–Crippen LogP) is 2.56. The molecule has 0 aliphatic heterocycles. The lowest BCUT2D eigenvalue weighted by molar-refractivity contribution is 0.453. The molecule has 0 aliphatic carbocycles. The van der Waals surface area contributed by atoms with Crippen LogP contribution in [0.5, 0.6) is 0 Å². The van der Waals surface area contributed by atoms with E-state index in [1.807, 2.05) is 0 Å². The zero-order chi connectivity index (χ0) is 11.7. The first-order valence-electron chi connectivity index (χ1n) is 5.07. The van der Waals surface area contributed by atoms with Gasteiger partial charge in [0.15, 0.2) is 5.58 Å². The van der Waals surface area contributed by atoms with Gasteiger partial charge in [-0.1, -0.05) is 12.1 Å². The molecule has 1 heterocycles. The van der Waals surface area contributed by atoms with Gasteiger partial charge in [0, 0.05) is 11.6 Å². The molecule has 0 saturated heterocycles. The Morgan fingerprint density at radius 3 is 2.94 bits per heavy atom. The molecule has 0 saturated carbocycles. The lowest BCUT2D eigenvalue weighted by Crippen LogP contribution is -2.08. The van der Waals surface area contributed by atoms with Crippen LogP contribution in [0.4, 0.5) is 8.78 Å². The van der Waals surface area contributed by atoms with E-state index >= 15 is 0 Å². The largest absolute Gasteiger partial charge is 0.356 e. The summed E-state index contributed by atoms with van der Waals surface area (Å²) in [7, 11) is 0. The SMILES string of the molecule is CC(CCN)c1c(F)cc2oncc2c1F. The molecule has 3 nitrogen and oxygen atoms in total. The van der Waals surface area contributed by atoms with Crippen LogP contribution in [-0.4, -0.2) is 11.7 Å². The summed E-state index contributed by atoms with van der Waals surface area (Å²) in [5.41, 5.74) is 5.56. The quantitative estimate of drug-likeness (QED) is 0.875. The molecule has 1 atom stereocenters. The summed E-state index contributed by atoms with van der Waals surface area (Å²) in [5, 5.41) is 3.65. The van der Waals surface area contributed by atoms with E-state index in [4.69, 9.17) is 10.3 Å². The Bertz CT molecular complexity index is 510. The van der Waals surface area contributed by atoms with Gasteiger partial charge in [0.25, 0.3) is 0 Å². The van der Waals surface area contributed by atoms with Gasteiger partial charge in [0.1, 0.15) is 11.6 Å². The molecule has 0 fully saturated rings. The highest BCUT2D eigenvalue weighted by Crippen LogP contribution is 2.30. The molecule has 0 amide bonds. The molecular formula is C11H12F2N2O. The summed E-state index contributed by atoms with van der Waals surface area (Å²) in [6.07, 6.45) is 1.79. The van der Waals surface area contributed by atoms with E-state index in [-0.39, 0.29) is 22.5 Å². The minimum absolute atomic E-state index is 0.0566. The molecule has 1 unspecified atom stereocenters. The molecule has 2 N–H and O–H groups in total. The maximum absolute atomic E-state index is 14.0. The Balaban J connectivity index is 2.59. The summed E-state index contributed by atoms with van der Waals surface area (Å²) in [6.45, 7) is 2.13. The fourth-order valence-corrected chi connectivity index (χ4v) is 1.81. The number of aromatic nitrogens is 1. The molecule has 16 heavy (non-hydrogen) atoms. The Morgan fingerprint density at radius 2 is 2.25 bits per heavy atom. The molecule has 86 valence electrons. The Labute approximate surface area is 91.2 Å². The normalized spacial score (nSPS) is 13.2. The van der Waals surface area contributed by atoms with Crippen molar-refractivity contribution in [2.24, 2.45) is 5.73 Å². The molecule has 0 spiro atoms. The average molecular weight is 226 g/mol. The number of fused-ring (bicyclic) bond motifs is 1. The number of benzene rings is 1. The number of nitrogens with two attached hydrogens (primary N) is 1. The lowest BCUT2D eigenvalue weighted by Gasteiger charge is -2.12. The van der Waals surface area contributed by atoms with Gasteiger partial charge in [-0.2, -0.15) is 0 Å². The standard InChI is InChI=1S/C11H12F2N2O/c1-6(2-3-14)10-8(12)4-9-7(11(10)13)5-15-16-9/h4-6H,2-3,14H2,1H3. The van der Waals surface area contributed by atoms with E-state index in [9.17, 15) is 8.78 Å². The molecule has 2 aromatic rings. The van der Waals surface area contributed by atoms with Crippen LogP contribution in [0.25, 0.3) is 11.0 Å². The van der Waals surface area contributed by atoms with Gasteiger partial charge in [-0.05, 0) is 18.9 Å². The van der Waals surface area contributed by atoms with Gasteiger partial charge < -0.3 is 10.3 Å². The van der Waals surface area contributed by atoms with Gasteiger partial charge in [-0.15, -0.1) is 0 Å². The number of hydrogen-bond donors (Lipinski definition) is 1. The van der Waals surface area contributed by atoms with E-state index in [0.29, 0.717) is 13.0 Å². The maximum atomic E-state index is 14.0. The van der Waals surface area contributed by atoms with E-state index in [0.717, 1.165) is 6.07 Å². The van der Waals surface area contributed by atoms with Crippen molar-refractivity contribution in [3.05, 3.63) is 29.5 Å². The maximum Gasteiger partial charge on any atom is 0.172 e. The minimum atomic E-state index is -0.609. The van der Waals surface area contributed by atoms with Crippen LogP contribution >= 0.6 is 0 Å². The van der Waals surface area contributed by atoms with Crippen LogP contribution < -0.4 is 5.73 Å². The number of hydrogen-bond acceptors (Lipinski definition) is 3. The van der Waals surface area contributed by atoms with E-state index < -0.39 is 11.6 Å². The van der Waals surface area contributed by atoms with Crippen molar-refractivity contribution in [3.63, 3.8) is 0 Å². The van der Waals surface area contributed by atoms with Crippen molar-refractivity contribution in [1.82, 2.24) is 5.16 Å². The van der Waals surface area contributed by atoms with Crippen LogP contribution in [0.15, 0.2) is 16.8 Å². The third kappa shape index (κ3) is 1.67. The second-order valence-electron chi connectivity index (χ2n) is 3.80. The zero-order valence-electron chi connectivity index (χ0n) is 8.84. The number of halogens is 2. The van der Waals surface area contributed by atoms with Crippen LogP contribution in [0.1, 0.15) is 24.8 Å². The first-order valence-corrected chi connectivity index (χ1v) is 5.07. The van der Waals surface area contributed by atoms with Crippen molar-refractivity contribution >= 4 is 11.0 Å². The summed E-state index contributed by atoms with van der Waals surface area (Å²) < 4.78 is 32.3. The zero-order valence-corrected chi connectivity index (χ0v) is 8.84. The predicted molar refractivity (Wildman–Crippen MR) is 56.0 cm³/mol. The third-order valence-electron chi connectivity index (χ3n) is 2.68. The first kappa shape index (κ1) is 11.0. The van der Waals surface area contributed by atoms with Gasteiger partial charge in [0.05, 0.1) is 11.6 Å². The van der Waals surface area contributed by atoms with E-state index in [1.165, 1.54) is 6.20 Å².